The van der Waals surface area contributed by atoms with E-state index in [9.17, 15) is 0 Å². The average molecular weight is 793 g/mol. The smallest absolute Gasteiger partial charge is 0.182 e. The highest BCUT2D eigenvalue weighted by Crippen LogP contribution is 2.38. The van der Waals surface area contributed by atoms with E-state index in [0.29, 0.717) is 23.2 Å². The lowest BCUT2D eigenvalue weighted by atomic mass is 10.0. The highest BCUT2D eigenvalue weighted by molar-refractivity contribution is 6.12. The van der Waals surface area contributed by atoms with Gasteiger partial charge in [-0.2, -0.15) is 0 Å². The van der Waals surface area contributed by atoms with Crippen LogP contribution in [0.25, 0.3) is 112 Å². The Morgan fingerprint density at radius 2 is 0.710 bits per heavy atom. The fraction of sp³-hybridized carbons (Fsp3) is 0. The minimum Gasteiger partial charge on any atom is -0.309 e. The second-order valence-electron chi connectivity index (χ2n) is 15.5. The van der Waals surface area contributed by atoms with Crippen LogP contribution in [0, 0.1) is 0 Å². The largest absolute Gasteiger partial charge is 0.309 e. The third-order valence-electron chi connectivity index (χ3n) is 11.8. The third-order valence-corrected chi connectivity index (χ3v) is 11.8. The van der Waals surface area contributed by atoms with E-state index in [-0.39, 0.29) is 0 Å². The van der Waals surface area contributed by atoms with Crippen LogP contribution in [-0.4, -0.2) is 29.1 Å². The molecular weight excluding hydrogens is 757 g/mol. The molecule has 0 atom stereocenters. The molecule has 4 heterocycles. The van der Waals surface area contributed by atoms with Gasteiger partial charge in [0, 0.05) is 50.2 Å². The van der Waals surface area contributed by atoms with E-state index < -0.39 is 0 Å². The maximum atomic E-state index is 4.94. The molecule has 6 heteroatoms. The number of rotatable bonds is 7. The van der Waals surface area contributed by atoms with Gasteiger partial charge in [-0.15, -0.1) is 0 Å². The van der Waals surface area contributed by atoms with Crippen LogP contribution in [0.15, 0.2) is 219 Å². The lowest BCUT2D eigenvalue weighted by Gasteiger charge is -2.12. The van der Waals surface area contributed by atoms with Crippen LogP contribution >= 0.6 is 0 Å². The second kappa shape index (κ2) is 14.7. The average Bonchev–Trinajstić information content (AvgIpc) is 3.87. The van der Waals surface area contributed by atoms with Gasteiger partial charge < -0.3 is 9.13 Å². The molecule has 8 aromatic carbocycles. The standard InChI is InChI=1S/C56H36N6/c1-4-15-37(16-5-1)54-58-55(38-17-6-2-7-18-38)60-56(59-54)49-36-42(31-32-57-49)41-28-30-53-48(35-41)46-24-11-13-26-51(46)62(53)44-22-14-19-39(33-44)40-27-29-52-47(34-40)45-23-10-12-25-50(45)61(52)43-20-8-3-9-21-43/h1-36H. The SMILES string of the molecule is c1ccc(-c2nc(-c3ccccc3)nc(-c3cc(-c4ccc5c(c4)c4ccccc4n5-c4cccc(-c5ccc6c(c5)c5ccccc5n6-c5ccccc5)c4)ccn3)n2)cc1. The lowest BCUT2D eigenvalue weighted by molar-refractivity contribution is 1.06. The Morgan fingerprint density at radius 3 is 1.31 bits per heavy atom. The Kier molecular flexibility index (Phi) is 8.38. The molecule has 0 unspecified atom stereocenters. The summed E-state index contributed by atoms with van der Waals surface area (Å²) in [6.07, 6.45) is 1.84. The van der Waals surface area contributed by atoms with E-state index >= 15 is 0 Å². The summed E-state index contributed by atoms with van der Waals surface area (Å²) in [6.45, 7) is 0. The maximum absolute atomic E-state index is 4.94. The zero-order chi connectivity index (χ0) is 41.0. The molecule has 0 amide bonds. The normalized spacial score (nSPS) is 11.5. The molecule has 4 aromatic heterocycles. The number of fused-ring (bicyclic) bond motifs is 6. The van der Waals surface area contributed by atoms with Gasteiger partial charge in [0.25, 0.3) is 0 Å². The number of hydrogen-bond acceptors (Lipinski definition) is 4. The van der Waals surface area contributed by atoms with E-state index in [2.05, 4.69) is 161 Å². The molecule has 0 aliphatic rings. The molecule has 0 spiro atoms. The fourth-order valence-corrected chi connectivity index (χ4v) is 8.92. The maximum Gasteiger partial charge on any atom is 0.182 e. The minimum atomic E-state index is 0.526. The van der Waals surface area contributed by atoms with E-state index in [1.807, 2.05) is 66.9 Å². The molecule has 0 saturated heterocycles. The predicted octanol–water partition coefficient (Wildman–Crippen LogP) is 13.8. The summed E-state index contributed by atoms with van der Waals surface area (Å²) in [4.78, 5) is 19.5. The number of benzene rings is 8. The van der Waals surface area contributed by atoms with Crippen molar-refractivity contribution in [3.05, 3.63) is 219 Å². The van der Waals surface area contributed by atoms with Gasteiger partial charge in [-0.25, -0.2) is 15.0 Å². The number of nitrogens with zero attached hydrogens (tertiary/aromatic N) is 6. The zero-order valence-electron chi connectivity index (χ0n) is 33.5. The van der Waals surface area contributed by atoms with Crippen LogP contribution < -0.4 is 0 Å². The van der Waals surface area contributed by atoms with Crippen molar-refractivity contribution in [3.8, 4) is 67.9 Å². The fourth-order valence-electron chi connectivity index (χ4n) is 8.92. The first-order chi connectivity index (χ1) is 30.7. The molecule has 12 aromatic rings. The Labute approximate surface area is 357 Å². The summed E-state index contributed by atoms with van der Waals surface area (Å²) in [5.74, 6) is 1.74. The van der Waals surface area contributed by atoms with Gasteiger partial charge in [-0.3, -0.25) is 4.98 Å². The van der Waals surface area contributed by atoms with Crippen molar-refractivity contribution in [1.82, 2.24) is 29.1 Å². The Bertz CT molecular complexity index is 3570. The Balaban J connectivity index is 0.946. The zero-order valence-corrected chi connectivity index (χ0v) is 33.5. The number of para-hydroxylation sites is 3. The van der Waals surface area contributed by atoms with Crippen molar-refractivity contribution >= 4 is 43.6 Å². The molecule has 12 rings (SSSR count). The van der Waals surface area contributed by atoms with Gasteiger partial charge in [0.05, 0.1) is 22.1 Å². The lowest BCUT2D eigenvalue weighted by Crippen LogP contribution is -2.01. The Hall–Kier alpha value is -8.48. The van der Waals surface area contributed by atoms with Gasteiger partial charge in [-0.05, 0) is 95.1 Å². The molecule has 0 fully saturated rings. The predicted molar refractivity (Wildman–Crippen MR) is 253 cm³/mol. The summed E-state index contributed by atoms with van der Waals surface area (Å²) in [7, 11) is 0. The van der Waals surface area contributed by atoms with Crippen molar-refractivity contribution in [2.45, 2.75) is 0 Å². The summed E-state index contributed by atoms with van der Waals surface area (Å²) < 4.78 is 4.75. The first-order valence-electron chi connectivity index (χ1n) is 20.8. The van der Waals surface area contributed by atoms with Crippen molar-refractivity contribution < 1.29 is 0 Å². The van der Waals surface area contributed by atoms with Gasteiger partial charge in [0.1, 0.15) is 5.69 Å². The molecule has 6 nitrogen and oxygen atoms in total. The van der Waals surface area contributed by atoms with E-state index in [4.69, 9.17) is 19.9 Å². The van der Waals surface area contributed by atoms with Crippen LogP contribution in [0.3, 0.4) is 0 Å². The number of hydrogen-bond donors (Lipinski definition) is 0. The first-order valence-corrected chi connectivity index (χ1v) is 20.8. The van der Waals surface area contributed by atoms with Crippen molar-refractivity contribution in [2.24, 2.45) is 0 Å². The topological polar surface area (TPSA) is 61.4 Å². The summed E-state index contributed by atoms with van der Waals surface area (Å²) in [5, 5.41) is 4.84. The molecule has 0 radical (unpaired) electrons. The van der Waals surface area contributed by atoms with Gasteiger partial charge in [0.15, 0.2) is 17.5 Å². The summed E-state index contributed by atoms with van der Waals surface area (Å²) in [6, 6.07) is 74.7. The van der Waals surface area contributed by atoms with Crippen LogP contribution in [0.5, 0.6) is 0 Å². The molecule has 0 aliphatic heterocycles. The Morgan fingerprint density at radius 1 is 0.274 bits per heavy atom. The number of aromatic nitrogens is 6. The molecular formula is C56H36N6. The van der Waals surface area contributed by atoms with Gasteiger partial charge in [-0.1, -0.05) is 140 Å². The summed E-state index contributed by atoms with van der Waals surface area (Å²) in [5.41, 5.74) is 13.9. The van der Waals surface area contributed by atoms with Gasteiger partial charge >= 0.3 is 0 Å². The van der Waals surface area contributed by atoms with Crippen molar-refractivity contribution in [2.75, 3.05) is 0 Å². The van der Waals surface area contributed by atoms with Crippen LogP contribution in [0.1, 0.15) is 0 Å². The molecule has 0 bridgehead atoms. The monoisotopic (exact) mass is 792 g/mol. The number of pyridine rings is 1. The molecule has 0 saturated carbocycles. The van der Waals surface area contributed by atoms with Gasteiger partial charge in [0.2, 0.25) is 0 Å². The van der Waals surface area contributed by atoms with Crippen LogP contribution in [0.2, 0.25) is 0 Å². The van der Waals surface area contributed by atoms with E-state index in [0.717, 1.165) is 50.2 Å². The van der Waals surface area contributed by atoms with Crippen LogP contribution in [-0.2, 0) is 0 Å². The van der Waals surface area contributed by atoms with Crippen molar-refractivity contribution in [1.29, 1.82) is 0 Å². The third kappa shape index (κ3) is 6.04. The molecule has 62 heavy (non-hydrogen) atoms. The van der Waals surface area contributed by atoms with E-state index in [1.54, 1.807) is 0 Å². The summed E-state index contributed by atoms with van der Waals surface area (Å²) >= 11 is 0. The van der Waals surface area contributed by atoms with Crippen LogP contribution in [0.4, 0.5) is 0 Å². The minimum absolute atomic E-state index is 0.526. The van der Waals surface area contributed by atoms with E-state index in [1.165, 1.54) is 38.1 Å². The highest BCUT2D eigenvalue weighted by atomic mass is 15.0. The molecule has 0 N–H and O–H groups in total. The molecule has 0 aliphatic carbocycles. The highest BCUT2D eigenvalue weighted by Gasteiger charge is 2.18. The van der Waals surface area contributed by atoms with Crippen molar-refractivity contribution in [3.63, 3.8) is 0 Å². The first kappa shape index (κ1) is 35.5. The molecule has 290 valence electrons. The second-order valence-corrected chi connectivity index (χ2v) is 15.5. The quantitative estimate of drug-likeness (QED) is 0.161.